The lowest BCUT2D eigenvalue weighted by Crippen LogP contribution is -2.37. The first-order valence-electron chi connectivity index (χ1n) is 6.81. The number of hydrogen-bond donors (Lipinski definition) is 0. The monoisotopic (exact) mass is 307 g/mol. The minimum Gasteiger partial charge on any atom is -0.465 e. The number of nitrogens with zero attached hydrogens (tertiary/aromatic N) is 1. The Morgan fingerprint density at radius 3 is 2.33 bits per heavy atom. The number of carbonyl (C=O) groups is 2. The summed E-state index contributed by atoms with van der Waals surface area (Å²) in [6, 6.07) is 9.33. The van der Waals surface area contributed by atoms with E-state index in [-0.39, 0.29) is 13.2 Å². The van der Waals surface area contributed by atoms with Crippen LogP contribution in [0.1, 0.15) is 19.4 Å². The van der Waals surface area contributed by atoms with Crippen molar-refractivity contribution in [2.24, 2.45) is 10.3 Å². The fourth-order valence-electron chi connectivity index (χ4n) is 2.09. The molecule has 0 unspecified atom stereocenters. The summed E-state index contributed by atoms with van der Waals surface area (Å²) in [7, 11) is 0. The summed E-state index contributed by atoms with van der Waals surface area (Å²) in [6.45, 7) is 4.00. The molecular formula is C15H17NO4S. The normalized spacial score (nSPS) is 20.8. The van der Waals surface area contributed by atoms with E-state index in [9.17, 15) is 9.59 Å². The zero-order valence-electron chi connectivity index (χ0n) is 11.9. The summed E-state index contributed by atoms with van der Waals surface area (Å²) in [4.78, 5) is 24.2. The Morgan fingerprint density at radius 2 is 1.71 bits per heavy atom. The molecule has 0 bridgehead atoms. The molecule has 0 N–H and O–H groups in total. The van der Waals surface area contributed by atoms with Crippen molar-refractivity contribution in [2.75, 3.05) is 13.2 Å². The zero-order valence-corrected chi connectivity index (χ0v) is 12.8. The van der Waals surface area contributed by atoms with Crippen LogP contribution in [0.15, 0.2) is 34.7 Å². The Labute approximate surface area is 127 Å². The largest absolute Gasteiger partial charge is 0.465 e. The van der Waals surface area contributed by atoms with Crippen molar-refractivity contribution in [3.63, 3.8) is 0 Å². The molecule has 112 valence electrons. The predicted molar refractivity (Wildman–Crippen MR) is 81.1 cm³/mol. The van der Waals surface area contributed by atoms with Crippen molar-refractivity contribution < 1.29 is 19.1 Å². The van der Waals surface area contributed by atoms with Crippen LogP contribution in [-0.4, -0.2) is 36.1 Å². The van der Waals surface area contributed by atoms with E-state index in [0.29, 0.717) is 5.71 Å². The van der Waals surface area contributed by atoms with E-state index in [1.165, 1.54) is 0 Å². The summed E-state index contributed by atoms with van der Waals surface area (Å²) in [6.07, 6.45) is 0. The molecule has 1 aliphatic rings. The van der Waals surface area contributed by atoms with Gasteiger partial charge in [-0.25, -0.2) is 4.40 Å². The van der Waals surface area contributed by atoms with Crippen LogP contribution in [0.5, 0.6) is 0 Å². The Balaban J connectivity index is 2.28. The van der Waals surface area contributed by atoms with Crippen molar-refractivity contribution in [3.05, 3.63) is 35.9 Å². The van der Waals surface area contributed by atoms with Gasteiger partial charge in [0, 0.05) is 0 Å². The summed E-state index contributed by atoms with van der Waals surface area (Å²) >= 11 is 1.07. The van der Waals surface area contributed by atoms with Gasteiger partial charge in [0.1, 0.15) is 11.2 Å². The molecule has 1 heterocycles. The van der Waals surface area contributed by atoms with E-state index in [1.807, 2.05) is 30.3 Å². The smallest absolute Gasteiger partial charge is 0.322 e. The molecular weight excluding hydrogens is 290 g/mol. The van der Waals surface area contributed by atoms with Crippen molar-refractivity contribution in [1.82, 2.24) is 0 Å². The van der Waals surface area contributed by atoms with Gasteiger partial charge >= 0.3 is 11.9 Å². The Bertz CT molecular complexity index is 544. The lowest BCUT2D eigenvalue weighted by atomic mass is 9.93. The Morgan fingerprint density at radius 1 is 1.10 bits per heavy atom. The van der Waals surface area contributed by atoms with Crippen molar-refractivity contribution in [3.8, 4) is 0 Å². The average molecular weight is 307 g/mol. The first kappa shape index (κ1) is 15.6. The van der Waals surface area contributed by atoms with Gasteiger partial charge in [-0.2, -0.15) is 0 Å². The van der Waals surface area contributed by atoms with Crippen LogP contribution in [0.25, 0.3) is 0 Å². The topological polar surface area (TPSA) is 65.0 Å². The number of benzene rings is 1. The molecule has 21 heavy (non-hydrogen) atoms. The fraction of sp³-hybridized carbons (Fsp3) is 0.400. The molecule has 5 nitrogen and oxygen atoms in total. The first-order chi connectivity index (χ1) is 10.2. The van der Waals surface area contributed by atoms with E-state index in [2.05, 4.69) is 4.40 Å². The molecule has 2 rings (SSSR count). The van der Waals surface area contributed by atoms with Crippen molar-refractivity contribution in [1.29, 1.82) is 0 Å². The van der Waals surface area contributed by atoms with Crippen LogP contribution < -0.4 is 0 Å². The Kier molecular flexibility index (Phi) is 5.38. The minimum atomic E-state index is -0.726. The summed E-state index contributed by atoms with van der Waals surface area (Å²) in [5.41, 5.74) is 1.38. The SMILES string of the molecule is CCOC(=O)[C@H]1C(c2ccccc2)=NS[C@@H]1C(=O)OCC. The third-order valence-electron chi connectivity index (χ3n) is 2.99. The van der Waals surface area contributed by atoms with Gasteiger partial charge in [0.25, 0.3) is 0 Å². The highest BCUT2D eigenvalue weighted by molar-refractivity contribution is 8.00. The maximum atomic E-state index is 12.2. The second kappa shape index (κ2) is 7.26. The quantitative estimate of drug-likeness (QED) is 0.616. The van der Waals surface area contributed by atoms with E-state index < -0.39 is 23.1 Å². The lowest BCUT2D eigenvalue weighted by Gasteiger charge is -2.17. The van der Waals surface area contributed by atoms with E-state index in [1.54, 1.807) is 13.8 Å². The molecule has 0 aliphatic carbocycles. The van der Waals surface area contributed by atoms with Crippen molar-refractivity contribution in [2.45, 2.75) is 19.1 Å². The molecule has 1 aromatic carbocycles. The third kappa shape index (κ3) is 3.44. The molecule has 2 atom stereocenters. The van der Waals surface area contributed by atoms with Gasteiger partial charge in [0.15, 0.2) is 0 Å². The Hall–Kier alpha value is -1.82. The highest BCUT2D eigenvalue weighted by atomic mass is 32.2. The fourth-order valence-corrected chi connectivity index (χ4v) is 3.05. The first-order valence-corrected chi connectivity index (χ1v) is 7.65. The summed E-state index contributed by atoms with van der Waals surface area (Å²) < 4.78 is 14.4. The highest BCUT2D eigenvalue weighted by Crippen LogP contribution is 2.35. The number of rotatable bonds is 5. The highest BCUT2D eigenvalue weighted by Gasteiger charge is 2.45. The molecule has 6 heteroatoms. The molecule has 0 fully saturated rings. The molecule has 0 amide bonds. The molecule has 0 spiro atoms. The lowest BCUT2D eigenvalue weighted by molar-refractivity contribution is -0.151. The molecule has 1 aromatic rings. The van der Waals surface area contributed by atoms with Gasteiger partial charge in [0.2, 0.25) is 0 Å². The van der Waals surface area contributed by atoms with Crippen LogP contribution in [-0.2, 0) is 19.1 Å². The molecule has 0 radical (unpaired) electrons. The number of hydrogen-bond acceptors (Lipinski definition) is 6. The summed E-state index contributed by atoms with van der Waals surface area (Å²) in [5, 5.41) is -0.681. The zero-order chi connectivity index (χ0) is 15.2. The number of esters is 2. The molecule has 0 aromatic heterocycles. The molecule has 0 saturated carbocycles. The minimum absolute atomic E-state index is 0.262. The molecule has 0 saturated heterocycles. The maximum Gasteiger partial charge on any atom is 0.322 e. The molecule has 1 aliphatic heterocycles. The standard InChI is InChI=1S/C15H17NO4S/c1-3-19-14(17)11-12(10-8-6-5-7-9-10)16-21-13(11)15(18)20-4-2/h5-9,11,13H,3-4H2,1-2H3/t11-,13-/m0/s1. The van der Waals surface area contributed by atoms with E-state index in [4.69, 9.17) is 9.47 Å². The second-order valence-corrected chi connectivity index (χ2v) is 5.25. The van der Waals surface area contributed by atoms with Gasteiger partial charge in [0.05, 0.1) is 18.9 Å². The van der Waals surface area contributed by atoms with Crippen LogP contribution in [0.3, 0.4) is 0 Å². The van der Waals surface area contributed by atoms with Gasteiger partial charge in [-0.3, -0.25) is 9.59 Å². The van der Waals surface area contributed by atoms with Crippen LogP contribution in [0, 0.1) is 5.92 Å². The number of carbonyl (C=O) groups excluding carboxylic acids is 2. The second-order valence-electron chi connectivity index (χ2n) is 4.35. The average Bonchev–Trinajstić information content (AvgIpc) is 2.93. The van der Waals surface area contributed by atoms with E-state index in [0.717, 1.165) is 17.5 Å². The maximum absolute atomic E-state index is 12.2. The van der Waals surface area contributed by atoms with Crippen molar-refractivity contribution >= 4 is 29.6 Å². The van der Waals surface area contributed by atoms with Gasteiger partial charge in [-0.1, -0.05) is 30.3 Å². The predicted octanol–water partition coefficient (Wildman–Crippen LogP) is 2.25. The van der Waals surface area contributed by atoms with E-state index >= 15 is 0 Å². The third-order valence-corrected chi connectivity index (χ3v) is 3.98. The van der Waals surface area contributed by atoms with Gasteiger partial charge < -0.3 is 9.47 Å². The number of ether oxygens (including phenoxy) is 2. The summed E-state index contributed by atoms with van der Waals surface area (Å²) in [5.74, 6) is -1.60. The van der Waals surface area contributed by atoms with Crippen LogP contribution >= 0.6 is 11.9 Å². The van der Waals surface area contributed by atoms with Crippen LogP contribution in [0.4, 0.5) is 0 Å². The van der Waals surface area contributed by atoms with Gasteiger partial charge in [-0.05, 0) is 31.4 Å². The van der Waals surface area contributed by atoms with Gasteiger partial charge in [-0.15, -0.1) is 0 Å². The van der Waals surface area contributed by atoms with Crippen LogP contribution in [0.2, 0.25) is 0 Å².